The molecule has 2 bridgehead atoms. The van der Waals surface area contributed by atoms with Crippen molar-refractivity contribution in [3.8, 4) is 0 Å². The number of nitrogens with one attached hydrogen (secondary N) is 2. The summed E-state index contributed by atoms with van der Waals surface area (Å²) in [5.74, 6) is 0.292. The van der Waals surface area contributed by atoms with E-state index in [2.05, 4.69) is 34.6 Å². The second-order valence-electron chi connectivity index (χ2n) is 10.2. The predicted molar refractivity (Wildman–Crippen MR) is 142 cm³/mol. The average Bonchev–Trinajstić information content (AvgIpc) is 3.72. The number of hydrogen-bond donors (Lipinski definition) is 4. The zero-order valence-electron chi connectivity index (χ0n) is 22.5. The lowest BCUT2D eigenvalue weighted by Gasteiger charge is -2.24. The third-order valence-electron chi connectivity index (χ3n) is 7.29. The van der Waals surface area contributed by atoms with Crippen molar-refractivity contribution in [2.24, 2.45) is 0 Å². The largest absolute Gasteiger partial charge is 0.472 e. The smallest absolute Gasteiger partial charge is 0.382 e. The summed E-state index contributed by atoms with van der Waals surface area (Å²) in [7, 11) is -9.58. The molecule has 0 spiro atoms. The van der Waals surface area contributed by atoms with Gasteiger partial charge in [0.05, 0.1) is 25.4 Å². The fraction of sp³-hybridized carbons (Fsp3) is 0.524. The molecule has 0 aromatic carbocycles. The van der Waals surface area contributed by atoms with Crippen LogP contribution in [0.5, 0.6) is 0 Å². The molecule has 0 aliphatic carbocycles. The molecule has 0 amide bonds. The first-order valence-electron chi connectivity index (χ1n) is 13.0. The van der Waals surface area contributed by atoms with E-state index in [0.717, 1.165) is 6.33 Å². The minimum absolute atomic E-state index is 0.0194. The zero-order chi connectivity index (χ0) is 31.0. The van der Waals surface area contributed by atoms with E-state index in [0.29, 0.717) is 0 Å². The second kappa shape index (κ2) is 10.6. The van der Waals surface area contributed by atoms with E-state index >= 15 is 4.39 Å². The van der Waals surface area contributed by atoms with E-state index in [1.807, 2.05) is 0 Å². The van der Waals surface area contributed by atoms with Crippen LogP contribution < -0.4 is 16.0 Å². The maximum atomic E-state index is 15.9. The highest BCUT2D eigenvalue weighted by Crippen LogP contribution is 2.50. The fourth-order valence-corrected chi connectivity index (χ4v) is 7.29. The first-order chi connectivity index (χ1) is 20.9. The fourth-order valence-electron chi connectivity index (χ4n) is 5.38. The van der Waals surface area contributed by atoms with Crippen LogP contribution >= 0.6 is 7.82 Å². The van der Waals surface area contributed by atoms with Gasteiger partial charge in [-0.2, -0.15) is 13.1 Å². The summed E-state index contributed by atoms with van der Waals surface area (Å²) in [6.07, 6.45) is -6.89. The number of hydrogen-bond acceptors (Lipinski definition) is 15. The van der Waals surface area contributed by atoms with Crippen molar-refractivity contribution in [3.05, 3.63) is 35.2 Å². The van der Waals surface area contributed by atoms with Gasteiger partial charge in [-0.05, 0) is 6.92 Å². The Kier molecular flexibility index (Phi) is 7.02. The van der Waals surface area contributed by atoms with Gasteiger partial charge in [-0.15, -0.1) is 0 Å². The molecule has 8 atom stereocenters. The lowest BCUT2D eigenvalue weighted by Crippen LogP contribution is -2.41. The Balaban J connectivity index is 1.19. The maximum absolute atomic E-state index is 15.9. The minimum atomic E-state index is -4.93. The summed E-state index contributed by atoms with van der Waals surface area (Å²) in [5, 5.41) is 0. The van der Waals surface area contributed by atoms with Crippen molar-refractivity contribution < 1.29 is 45.0 Å². The number of halogens is 1. The van der Waals surface area contributed by atoms with Crippen LogP contribution in [-0.4, -0.2) is 96.1 Å². The van der Waals surface area contributed by atoms with Crippen molar-refractivity contribution in [1.82, 2.24) is 43.8 Å². The SMILES string of the molecule is Cc1nc2c(ncn2C2OC3CNS(=O)(=O)OC4C(COP(=O)(O)OC2C3)OC(n2cnc3c(N)ncnc32)C4F)c(=O)[nH]1. The molecule has 5 N–H and O–H groups in total. The van der Waals surface area contributed by atoms with E-state index in [4.69, 9.17) is 28.4 Å². The van der Waals surface area contributed by atoms with Gasteiger partial charge in [0.25, 0.3) is 5.56 Å². The van der Waals surface area contributed by atoms with Crippen LogP contribution in [0.4, 0.5) is 10.2 Å². The van der Waals surface area contributed by atoms with Gasteiger partial charge in [-0.25, -0.2) is 38.1 Å². The number of imidazole rings is 2. The maximum Gasteiger partial charge on any atom is 0.472 e. The number of aromatic nitrogens is 8. The molecule has 4 aromatic heterocycles. The van der Waals surface area contributed by atoms with Crippen LogP contribution in [0.3, 0.4) is 0 Å². The van der Waals surface area contributed by atoms with Crippen LogP contribution in [0, 0.1) is 6.92 Å². The van der Waals surface area contributed by atoms with Crippen LogP contribution in [-0.2, 0) is 37.6 Å². The van der Waals surface area contributed by atoms with Gasteiger partial charge in [0.2, 0.25) is 0 Å². The average molecular weight is 659 g/mol. The molecule has 3 aliphatic heterocycles. The van der Waals surface area contributed by atoms with E-state index in [-0.39, 0.29) is 40.4 Å². The van der Waals surface area contributed by atoms with Crippen LogP contribution in [0.1, 0.15) is 24.7 Å². The molecule has 23 heteroatoms. The number of ether oxygens (including phenoxy) is 2. The van der Waals surface area contributed by atoms with E-state index in [1.165, 1.54) is 21.8 Å². The Morgan fingerprint density at radius 1 is 1.09 bits per heavy atom. The highest BCUT2D eigenvalue weighted by Gasteiger charge is 2.51. The summed E-state index contributed by atoms with van der Waals surface area (Å²) < 4.78 is 87.1. The molecule has 3 aliphatic rings. The molecule has 7 rings (SSSR count). The van der Waals surface area contributed by atoms with Gasteiger partial charge in [-0.1, -0.05) is 0 Å². The molecule has 4 aromatic rings. The number of H-pyrrole nitrogens is 1. The molecule has 0 saturated carbocycles. The van der Waals surface area contributed by atoms with Gasteiger partial charge in [0.15, 0.2) is 41.3 Å². The van der Waals surface area contributed by atoms with Gasteiger partial charge in [-0.3, -0.25) is 23.0 Å². The number of aromatic amines is 1. The van der Waals surface area contributed by atoms with Crippen molar-refractivity contribution in [2.75, 3.05) is 18.9 Å². The summed E-state index contributed by atoms with van der Waals surface area (Å²) in [5.41, 5.74) is 5.62. The Bertz CT molecular complexity index is 1970. The molecule has 0 radical (unpaired) electrons. The third-order valence-corrected chi connectivity index (χ3v) is 9.30. The number of phosphoric acid groups is 1. The number of nitrogens with two attached hydrogens (primary N) is 1. The Hall–Kier alpha value is -3.47. The molecular formula is C21H24FN10O10PS. The Labute approximate surface area is 245 Å². The van der Waals surface area contributed by atoms with Crippen molar-refractivity contribution >= 4 is 46.3 Å². The first kappa shape index (κ1) is 29.3. The van der Waals surface area contributed by atoms with Crippen molar-refractivity contribution in [1.29, 1.82) is 0 Å². The van der Waals surface area contributed by atoms with Gasteiger partial charge in [0, 0.05) is 13.0 Å². The molecule has 20 nitrogen and oxygen atoms in total. The van der Waals surface area contributed by atoms with Gasteiger partial charge >= 0.3 is 18.1 Å². The highest BCUT2D eigenvalue weighted by atomic mass is 32.2. The monoisotopic (exact) mass is 658 g/mol. The number of phosphoric ester groups is 1. The first-order valence-corrected chi connectivity index (χ1v) is 15.9. The molecule has 8 unspecified atom stereocenters. The summed E-state index contributed by atoms with van der Waals surface area (Å²) in [6.45, 7) is 0.340. The second-order valence-corrected chi connectivity index (χ2v) is 13.0. The number of nitrogen functional groups attached to an aromatic ring is 1. The number of aryl methyl sites for hydroxylation is 1. The molecule has 236 valence electrons. The lowest BCUT2D eigenvalue weighted by molar-refractivity contribution is -0.0549. The summed E-state index contributed by atoms with van der Waals surface area (Å²) in [6, 6.07) is 0. The number of rotatable bonds is 2. The number of fused-ring (bicyclic) bond motifs is 5. The van der Waals surface area contributed by atoms with Crippen molar-refractivity contribution in [3.63, 3.8) is 0 Å². The molecule has 3 saturated heterocycles. The minimum Gasteiger partial charge on any atom is -0.382 e. The highest BCUT2D eigenvalue weighted by molar-refractivity contribution is 7.84. The lowest BCUT2D eigenvalue weighted by atomic mass is 10.1. The quantitative estimate of drug-likeness (QED) is 0.190. The van der Waals surface area contributed by atoms with E-state index < -0.39 is 79.9 Å². The summed E-state index contributed by atoms with van der Waals surface area (Å²) in [4.78, 5) is 45.8. The Morgan fingerprint density at radius 3 is 2.64 bits per heavy atom. The standard InChI is InChI=1S/C21H24FN10O10PS/c1-8-29-18-14(19(33)30-8)27-7-32(18)20-10-2-9(39-20)3-28-44(36,37)42-15-11(4-38-43(34,35)41-10)40-21(12(15)22)31-6-26-13-16(23)24-5-25-17(13)31/h5-7,9-12,15,20-21,28H,2-4H2,1H3,(H,34,35)(H2,23,24,25)(H,29,30,33). The van der Waals surface area contributed by atoms with Gasteiger partial charge < -0.3 is 25.1 Å². The van der Waals surface area contributed by atoms with Crippen LogP contribution in [0.15, 0.2) is 23.8 Å². The summed E-state index contributed by atoms with van der Waals surface area (Å²) >= 11 is 0. The number of nitrogens with zero attached hydrogens (tertiary/aromatic N) is 7. The van der Waals surface area contributed by atoms with E-state index in [1.54, 1.807) is 6.92 Å². The number of anilines is 1. The van der Waals surface area contributed by atoms with Gasteiger partial charge in [0.1, 0.15) is 36.0 Å². The van der Waals surface area contributed by atoms with E-state index in [9.17, 15) is 22.7 Å². The molecule has 7 heterocycles. The number of alkyl halides is 1. The molecule has 44 heavy (non-hydrogen) atoms. The normalized spacial score (nSPS) is 34.4. The topological polar surface area (TPSA) is 263 Å². The van der Waals surface area contributed by atoms with Crippen molar-refractivity contribution in [2.45, 2.75) is 56.4 Å². The zero-order valence-corrected chi connectivity index (χ0v) is 24.2. The Morgan fingerprint density at radius 2 is 1.84 bits per heavy atom. The molecule has 3 fully saturated rings. The van der Waals surface area contributed by atoms with Crippen LogP contribution in [0.2, 0.25) is 0 Å². The third kappa shape index (κ3) is 5.16. The predicted octanol–water partition coefficient (Wildman–Crippen LogP) is -0.891. The van der Waals surface area contributed by atoms with Crippen LogP contribution in [0.25, 0.3) is 22.3 Å². The molecular weight excluding hydrogens is 634 g/mol.